The minimum absolute atomic E-state index is 0.00543. The van der Waals surface area contributed by atoms with Gasteiger partial charge in [-0.15, -0.1) is 0 Å². The van der Waals surface area contributed by atoms with Crippen molar-refractivity contribution in [1.29, 1.82) is 0 Å². The minimum Gasteiger partial charge on any atom is -0.394 e. The highest BCUT2D eigenvalue weighted by Crippen LogP contribution is 2.16. The first kappa shape index (κ1) is 20.0. The Balaban J connectivity index is 2.08. The fraction of sp³-hybridized carbons (Fsp3) is 0.600. The van der Waals surface area contributed by atoms with Crippen LogP contribution in [0.4, 0.5) is 0 Å². The van der Waals surface area contributed by atoms with Crippen molar-refractivity contribution >= 4 is 10.1 Å². The summed E-state index contributed by atoms with van der Waals surface area (Å²) in [5.41, 5.74) is 0.644. The van der Waals surface area contributed by atoms with Gasteiger partial charge in [0.15, 0.2) is 0 Å². The summed E-state index contributed by atoms with van der Waals surface area (Å²) >= 11 is 0. The van der Waals surface area contributed by atoms with E-state index < -0.39 is 10.1 Å². The summed E-state index contributed by atoms with van der Waals surface area (Å²) in [5.74, 6) is 0. The van der Waals surface area contributed by atoms with E-state index in [2.05, 4.69) is 0 Å². The third-order valence-electron chi connectivity index (χ3n) is 2.81. The number of ether oxygens (including phenoxy) is 3. The van der Waals surface area contributed by atoms with Crippen LogP contribution in [0.2, 0.25) is 0 Å². The van der Waals surface area contributed by atoms with E-state index in [1.54, 1.807) is 25.1 Å². The SMILES string of the molecule is Cc1ccccc1S(=O)(=O)OCCOCCOCCOCCO. The van der Waals surface area contributed by atoms with Crippen LogP contribution >= 0.6 is 0 Å². The Labute approximate surface area is 137 Å². The van der Waals surface area contributed by atoms with Crippen LogP contribution in [0.15, 0.2) is 29.2 Å². The molecule has 1 N–H and O–H groups in total. The molecule has 0 amide bonds. The molecule has 8 heteroatoms. The third-order valence-corrected chi connectivity index (χ3v) is 4.28. The molecule has 0 saturated carbocycles. The van der Waals surface area contributed by atoms with Gasteiger partial charge in [-0.1, -0.05) is 18.2 Å². The van der Waals surface area contributed by atoms with Crippen molar-refractivity contribution in [3.63, 3.8) is 0 Å². The van der Waals surface area contributed by atoms with Crippen molar-refractivity contribution in [2.75, 3.05) is 52.9 Å². The lowest BCUT2D eigenvalue weighted by atomic mass is 10.2. The molecular weight excluding hydrogens is 324 g/mol. The smallest absolute Gasteiger partial charge is 0.297 e. The highest BCUT2D eigenvalue weighted by Gasteiger charge is 2.16. The fourth-order valence-corrected chi connectivity index (χ4v) is 2.83. The number of rotatable bonds is 13. The van der Waals surface area contributed by atoms with Crippen LogP contribution in [0.25, 0.3) is 0 Å². The summed E-state index contributed by atoms with van der Waals surface area (Å²) in [6, 6.07) is 6.65. The van der Waals surface area contributed by atoms with Gasteiger partial charge in [-0.3, -0.25) is 4.18 Å². The number of aliphatic hydroxyl groups excluding tert-OH is 1. The maximum absolute atomic E-state index is 12.0. The normalized spacial score (nSPS) is 11.7. The fourth-order valence-electron chi connectivity index (χ4n) is 1.71. The largest absolute Gasteiger partial charge is 0.394 e. The molecule has 1 aromatic rings. The molecule has 0 radical (unpaired) electrons. The first-order valence-corrected chi connectivity index (χ1v) is 8.78. The average Bonchev–Trinajstić information content (AvgIpc) is 2.53. The van der Waals surface area contributed by atoms with Crippen molar-refractivity contribution in [3.8, 4) is 0 Å². The summed E-state index contributed by atoms with van der Waals surface area (Å²) in [6.07, 6.45) is 0. The highest BCUT2D eigenvalue weighted by molar-refractivity contribution is 7.86. The highest BCUT2D eigenvalue weighted by atomic mass is 32.2. The van der Waals surface area contributed by atoms with Gasteiger partial charge in [-0.25, -0.2) is 0 Å². The molecule has 0 aliphatic carbocycles. The number of aryl methyl sites for hydroxylation is 1. The molecule has 0 atom stereocenters. The maximum atomic E-state index is 12.0. The van der Waals surface area contributed by atoms with E-state index in [4.69, 9.17) is 23.5 Å². The molecule has 0 unspecified atom stereocenters. The van der Waals surface area contributed by atoms with Gasteiger partial charge in [0.2, 0.25) is 0 Å². The molecule has 1 rings (SSSR count). The predicted octanol–water partition coefficient (Wildman–Crippen LogP) is 0.742. The van der Waals surface area contributed by atoms with Gasteiger partial charge < -0.3 is 19.3 Å². The van der Waals surface area contributed by atoms with E-state index >= 15 is 0 Å². The topological polar surface area (TPSA) is 91.3 Å². The van der Waals surface area contributed by atoms with Crippen LogP contribution in [-0.4, -0.2) is 66.4 Å². The molecule has 0 aromatic heterocycles. The lowest BCUT2D eigenvalue weighted by molar-refractivity contribution is 0.00389. The van der Waals surface area contributed by atoms with Crippen molar-refractivity contribution in [1.82, 2.24) is 0 Å². The van der Waals surface area contributed by atoms with Gasteiger partial charge in [-0.2, -0.15) is 8.42 Å². The van der Waals surface area contributed by atoms with E-state index in [0.717, 1.165) is 0 Å². The molecule has 0 aliphatic rings. The van der Waals surface area contributed by atoms with Crippen LogP contribution in [0.1, 0.15) is 5.56 Å². The van der Waals surface area contributed by atoms with Crippen LogP contribution in [-0.2, 0) is 28.5 Å². The maximum Gasteiger partial charge on any atom is 0.297 e. The Hall–Kier alpha value is -1.03. The van der Waals surface area contributed by atoms with Gasteiger partial charge in [0.05, 0.1) is 57.8 Å². The molecule has 23 heavy (non-hydrogen) atoms. The molecule has 132 valence electrons. The van der Waals surface area contributed by atoms with Crippen molar-refractivity contribution < 1.29 is 31.9 Å². The number of benzene rings is 1. The monoisotopic (exact) mass is 348 g/mol. The van der Waals surface area contributed by atoms with Crippen molar-refractivity contribution in [3.05, 3.63) is 29.8 Å². The Morgan fingerprint density at radius 2 is 1.39 bits per heavy atom. The molecule has 0 fully saturated rings. The Morgan fingerprint density at radius 1 is 0.870 bits per heavy atom. The molecule has 0 heterocycles. The third kappa shape index (κ3) is 8.40. The Morgan fingerprint density at radius 3 is 1.96 bits per heavy atom. The second-order valence-corrected chi connectivity index (χ2v) is 6.19. The predicted molar refractivity (Wildman–Crippen MR) is 83.9 cm³/mol. The van der Waals surface area contributed by atoms with Gasteiger partial charge in [0, 0.05) is 0 Å². The van der Waals surface area contributed by atoms with E-state index in [1.807, 2.05) is 0 Å². The lowest BCUT2D eigenvalue weighted by Crippen LogP contribution is -2.15. The first-order valence-electron chi connectivity index (χ1n) is 7.37. The quantitative estimate of drug-likeness (QED) is 0.415. The first-order chi connectivity index (χ1) is 11.1. The second-order valence-electron chi connectivity index (χ2n) is 4.60. The number of hydrogen-bond donors (Lipinski definition) is 1. The molecule has 7 nitrogen and oxygen atoms in total. The van der Waals surface area contributed by atoms with Crippen LogP contribution in [0.5, 0.6) is 0 Å². The van der Waals surface area contributed by atoms with Crippen molar-refractivity contribution in [2.24, 2.45) is 0 Å². The van der Waals surface area contributed by atoms with Crippen LogP contribution in [0.3, 0.4) is 0 Å². The van der Waals surface area contributed by atoms with Crippen LogP contribution < -0.4 is 0 Å². The van der Waals surface area contributed by atoms with E-state index in [-0.39, 0.29) is 24.7 Å². The molecule has 1 aromatic carbocycles. The van der Waals surface area contributed by atoms with E-state index in [0.29, 0.717) is 38.6 Å². The van der Waals surface area contributed by atoms with Gasteiger partial charge in [0.1, 0.15) is 0 Å². The molecular formula is C15H24O7S. The van der Waals surface area contributed by atoms with Gasteiger partial charge in [-0.05, 0) is 18.6 Å². The lowest BCUT2D eigenvalue weighted by Gasteiger charge is -2.09. The summed E-state index contributed by atoms with van der Waals surface area (Å²) in [6.45, 7) is 3.68. The number of hydrogen-bond acceptors (Lipinski definition) is 7. The molecule has 0 bridgehead atoms. The zero-order chi connectivity index (χ0) is 17.0. The zero-order valence-electron chi connectivity index (χ0n) is 13.3. The van der Waals surface area contributed by atoms with Crippen molar-refractivity contribution in [2.45, 2.75) is 11.8 Å². The van der Waals surface area contributed by atoms with E-state index in [1.165, 1.54) is 6.07 Å². The standard InChI is InChI=1S/C15H24O7S/c1-14-4-2-3-5-15(14)23(17,18)22-13-12-21-11-10-20-9-8-19-7-6-16/h2-5,16H,6-13H2,1H3. The summed E-state index contributed by atoms with van der Waals surface area (Å²) in [7, 11) is -3.75. The molecule has 0 aliphatic heterocycles. The van der Waals surface area contributed by atoms with Crippen LogP contribution in [0, 0.1) is 6.92 Å². The van der Waals surface area contributed by atoms with Gasteiger partial charge >= 0.3 is 0 Å². The molecule has 0 spiro atoms. The Bertz CT molecular complexity index is 530. The molecule has 0 saturated heterocycles. The second kappa shape index (κ2) is 11.5. The average molecular weight is 348 g/mol. The number of aliphatic hydroxyl groups is 1. The summed E-state index contributed by atoms with van der Waals surface area (Å²) in [5, 5.41) is 8.49. The zero-order valence-corrected chi connectivity index (χ0v) is 14.1. The Kier molecular flexibility index (Phi) is 10.0. The summed E-state index contributed by atoms with van der Waals surface area (Å²) < 4.78 is 44.4. The van der Waals surface area contributed by atoms with E-state index in [9.17, 15) is 8.42 Å². The minimum atomic E-state index is -3.75. The summed E-state index contributed by atoms with van der Waals surface area (Å²) in [4.78, 5) is 0.172. The van der Waals surface area contributed by atoms with Gasteiger partial charge in [0.25, 0.3) is 10.1 Å².